The average molecular weight is 370 g/mol. The molecule has 0 saturated carbocycles. The number of aryl methyl sites for hydroxylation is 3. The van der Waals surface area contributed by atoms with Crippen LogP contribution >= 0.6 is 11.6 Å². The number of halogens is 1. The van der Waals surface area contributed by atoms with Crippen molar-refractivity contribution in [3.63, 3.8) is 0 Å². The van der Waals surface area contributed by atoms with Crippen molar-refractivity contribution < 1.29 is 0 Å². The van der Waals surface area contributed by atoms with E-state index in [2.05, 4.69) is 22.3 Å². The smallest absolute Gasteiger partial charge is 0.273 e. The lowest BCUT2D eigenvalue weighted by atomic mass is 10.1. The summed E-state index contributed by atoms with van der Waals surface area (Å²) in [5, 5.41) is 9.12. The minimum Gasteiger partial charge on any atom is -0.384 e. The maximum Gasteiger partial charge on any atom is 0.273 e. The van der Waals surface area contributed by atoms with Crippen molar-refractivity contribution in [3.05, 3.63) is 79.9 Å². The summed E-state index contributed by atoms with van der Waals surface area (Å²) in [4.78, 5) is 12.0. The highest BCUT2D eigenvalue weighted by atomic mass is 35.5. The van der Waals surface area contributed by atoms with E-state index in [-0.39, 0.29) is 11.4 Å². The Morgan fingerprint density at radius 2 is 1.85 bits per heavy atom. The molecule has 0 spiro atoms. The van der Waals surface area contributed by atoms with E-state index >= 15 is 0 Å². The zero-order valence-electron chi connectivity index (χ0n) is 14.9. The van der Waals surface area contributed by atoms with Crippen molar-refractivity contribution in [1.29, 1.82) is 0 Å². The Morgan fingerprint density at radius 1 is 1.15 bits per heavy atom. The molecule has 0 aliphatic carbocycles. The quantitative estimate of drug-likeness (QED) is 0.717. The molecule has 0 aliphatic rings. The number of aromatic nitrogens is 3. The van der Waals surface area contributed by atoms with Gasteiger partial charge in [-0.25, -0.2) is 4.68 Å². The standard InChI is InChI=1S/C19H20ClN5O/c1-12-4-6-15(7-5-12)11-24-19(20)16(14(3)23-24)10-22-25-17(21)8-13(2)9-18(25)26/h4-10H,11,21H2,1-3H3/b22-10-. The number of benzene rings is 1. The second kappa shape index (κ2) is 7.17. The largest absolute Gasteiger partial charge is 0.384 e. The lowest BCUT2D eigenvalue weighted by molar-refractivity contribution is 0.680. The van der Waals surface area contributed by atoms with Gasteiger partial charge in [0.15, 0.2) is 0 Å². The fourth-order valence-electron chi connectivity index (χ4n) is 2.64. The number of hydrogen-bond donors (Lipinski definition) is 1. The maximum atomic E-state index is 12.0. The number of rotatable bonds is 4. The van der Waals surface area contributed by atoms with Gasteiger partial charge in [-0.2, -0.15) is 14.9 Å². The Hall–Kier alpha value is -2.86. The normalized spacial score (nSPS) is 11.4. The second-order valence-electron chi connectivity index (χ2n) is 6.29. The molecule has 0 amide bonds. The number of nitrogen functional groups attached to an aromatic ring is 1. The van der Waals surface area contributed by atoms with Crippen LogP contribution in [0.25, 0.3) is 0 Å². The summed E-state index contributed by atoms with van der Waals surface area (Å²) in [5.74, 6) is 0.270. The topological polar surface area (TPSA) is 78.2 Å². The van der Waals surface area contributed by atoms with E-state index in [9.17, 15) is 4.79 Å². The minimum atomic E-state index is -0.292. The first-order chi connectivity index (χ1) is 12.3. The molecule has 0 saturated heterocycles. The molecule has 6 nitrogen and oxygen atoms in total. The van der Waals surface area contributed by atoms with Gasteiger partial charge in [0.2, 0.25) is 0 Å². The Kier molecular flexibility index (Phi) is 4.95. The van der Waals surface area contributed by atoms with Gasteiger partial charge in [0.05, 0.1) is 24.0 Å². The molecule has 134 valence electrons. The van der Waals surface area contributed by atoms with E-state index < -0.39 is 0 Å². The van der Waals surface area contributed by atoms with Crippen LogP contribution in [0.4, 0.5) is 5.82 Å². The predicted octanol–water partition coefficient (Wildman–Crippen LogP) is 3.14. The summed E-state index contributed by atoms with van der Waals surface area (Å²) in [7, 11) is 0. The van der Waals surface area contributed by atoms with Gasteiger partial charge in [0, 0.05) is 6.07 Å². The van der Waals surface area contributed by atoms with Crippen LogP contribution in [0.5, 0.6) is 0 Å². The molecule has 0 bridgehead atoms. The molecule has 0 aliphatic heterocycles. The molecule has 0 radical (unpaired) electrons. The molecule has 2 heterocycles. The first-order valence-corrected chi connectivity index (χ1v) is 8.55. The van der Waals surface area contributed by atoms with Gasteiger partial charge < -0.3 is 5.73 Å². The summed E-state index contributed by atoms with van der Waals surface area (Å²) < 4.78 is 2.85. The van der Waals surface area contributed by atoms with Gasteiger partial charge >= 0.3 is 0 Å². The van der Waals surface area contributed by atoms with Gasteiger partial charge in [-0.3, -0.25) is 4.79 Å². The van der Waals surface area contributed by atoms with E-state index in [1.54, 1.807) is 10.7 Å². The van der Waals surface area contributed by atoms with Crippen molar-refractivity contribution in [1.82, 2.24) is 14.5 Å². The molecule has 26 heavy (non-hydrogen) atoms. The molecule has 2 aromatic heterocycles. The molecule has 3 aromatic rings. The predicted molar refractivity (Wildman–Crippen MR) is 105 cm³/mol. The van der Waals surface area contributed by atoms with E-state index in [4.69, 9.17) is 17.3 Å². The van der Waals surface area contributed by atoms with Crippen molar-refractivity contribution in [3.8, 4) is 0 Å². The van der Waals surface area contributed by atoms with E-state index in [0.29, 0.717) is 17.3 Å². The van der Waals surface area contributed by atoms with Crippen LogP contribution in [0.1, 0.15) is 27.9 Å². The van der Waals surface area contributed by atoms with Gasteiger partial charge in [0.25, 0.3) is 5.56 Å². The number of hydrogen-bond acceptors (Lipinski definition) is 4. The minimum absolute atomic E-state index is 0.270. The summed E-state index contributed by atoms with van der Waals surface area (Å²) in [6, 6.07) is 11.4. The summed E-state index contributed by atoms with van der Waals surface area (Å²) in [6.07, 6.45) is 1.52. The fourth-order valence-corrected chi connectivity index (χ4v) is 2.93. The SMILES string of the molecule is Cc1ccc(Cn2nc(C)c(/C=N\n3c(N)cc(C)cc3=O)c2Cl)cc1. The van der Waals surface area contributed by atoms with Crippen molar-refractivity contribution in [2.45, 2.75) is 27.3 Å². The molecule has 2 N–H and O–H groups in total. The zero-order chi connectivity index (χ0) is 18.8. The summed E-state index contributed by atoms with van der Waals surface area (Å²) >= 11 is 6.47. The number of anilines is 1. The summed E-state index contributed by atoms with van der Waals surface area (Å²) in [6.45, 7) is 6.25. The summed E-state index contributed by atoms with van der Waals surface area (Å²) in [5.41, 5.74) is 10.1. The Morgan fingerprint density at radius 3 is 2.50 bits per heavy atom. The first kappa shape index (κ1) is 17.9. The van der Waals surface area contributed by atoms with Crippen molar-refractivity contribution >= 4 is 23.6 Å². The lowest BCUT2D eigenvalue weighted by Crippen LogP contribution is -2.19. The average Bonchev–Trinajstić information content (AvgIpc) is 2.83. The van der Waals surface area contributed by atoms with Crippen LogP contribution in [0.2, 0.25) is 5.15 Å². The highest BCUT2D eigenvalue weighted by molar-refractivity contribution is 6.32. The molecule has 1 aromatic carbocycles. The third kappa shape index (κ3) is 3.70. The third-order valence-electron chi connectivity index (χ3n) is 4.04. The van der Waals surface area contributed by atoms with E-state index in [0.717, 1.165) is 21.5 Å². The van der Waals surface area contributed by atoms with Gasteiger partial charge in [-0.15, -0.1) is 0 Å². The molecular formula is C19H20ClN5O. The van der Waals surface area contributed by atoms with Crippen LogP contribution in [0.15, 0.2) is 46.3 Å². The highest BCUT2D eigenvalue weighted by Gasteiger charge is 2.12. The fraction of sp³-hybridized carbons (Fsp3) is 0.211. The van der Waals surface area contributed by atoms with Gasteiger partial charge in [0.1, 0.15) is 11.0 Å². The second-order valence-corrected chi connectivity index (χ2v) is 6.64. The van der Waals surface area contributed by atoms with Crippen molar-refractivity contribution in [2.24, 2.45) is 5.10 Å². The van der Waals surface area contributed by atoms with Crippen molar-refractivity contribution in [2.75, 3.05) is 5.73 Å². The monoisotopic (exact) mass is 369 g/mol. The Bertz CT molecular complexity index is 1030. The van der Waals surface area contributed by atoms with E-state index in [1.807, 2.05) is 32.9 Å². The number of pyridine rings is 1. The van der Waals surface area contributed by atoms with Crippen LogP contribution in [0.3, 0.4) is 0 Å². The van der Waals surface area contributed by atoms with Crippen LogP contribution < -0.4 is 11.3 Å². The van der Waals surface area contributed by atoms with Gasteiger partial charge in [-0.05, 0) is 38.0 Å². The third-order valence-corrected chi connectivity index (χ3v) is 4.44. The molecule has 3 rings (SSSR count). The molecule has 7 heteroatoms. The van der Waals surface area contributed by atoms with Crippen LogP contribution in [0, 0.1) is 20.8 Å². The van der Waals surface area contributed by atoms with Crippen LogP contribution in [-0.4, -0.2) is 20.7 Å². The van der Waals surface area contributed by atoms with E-state index in [1.165, 1.54) is 17.8 Å². The maximum absolute atomic E-state index is 12.0. The Labute approximate surface area is 156 Å². The zero-order valence-corrected chi connectivity index (χ0v) is 15.7. The number of nitrogens with two attached hydrogens (primary N) is 1. The molecule has 0 atom stereocenters. The number of nitrogens with zero attached hydrogens (tertiary/aromatic N) is 4. The molecule has 0 unspecified atom stereocenters. The Balaban J connectivity index is 1.91. The van der Waals surface area contributed by atoms with Gasteiger partial charge in [-0.1, -0.05) is 41.4 Å². The first-order valence-electron chi connectivity index (χ1n) is 8.17. The lowest BCUT2D eigenvalue weighted by Gasteiger charge is -2.05. The molecular weight excluding hydrogens is 350 g/mol. The molecule has 0 fully saturated rings. The van der Waals surface area contributed by atoms with Crippen LogP contribution in [-0.2, 0) is 6.54 Å². The highest BCUT2D eigenvalue weighted by Crippen LogP contribution is 2.19.